The number of hydrogen-bond acceptors (Lipinski definition) is 5. The van der Waals surface area contributed by atoms with Crippen LogP contribution < -0.4 is 10.0 Å². The molecule has 0 unspecified atom stereocenters. The number of benzene rings is 2. The summed E-state index contributed by atoms with van der Waals surface area (Å²) in [4.78, 5) is 17.3. The molecule has 1 amide bonds. The maximum atomic E-state index is 13.9. The van der Waals surface area contributed by atoms with E-state index in [0.29, 0.717) is 20.7 Å². The third-order valence-electron chi connectivity index (χ3n) is 5.76. The molecular formula is C24H19ClF3N5O3S. The lowest BCUT2D eigenvalue weighted by molar-refractivity contribution is -0.142. The second-order valence-electron chi connectivity index (χ2n) is 8.66. The van der Waals surface area contributed by atoms with E-state index in [9.17, 15) is 26.4 Å². The van der Waals surface area contributed by atoms with Crippen molar-refractivity contribution in [2.45, 2.75) is 36.9 Å². The Labute approximate surface area is 214 Å². The Morgan fingerprint density at radius 1 is 1.14 bits per heavy atom. The fraction of sp³-hybridized carbons (Fsp3) is 0.208. The highest BCUT2D eigenvalue weighted by Gasteiger charge is 2.36. The molecule has 1 fully saturated rings. The van der Waals surface area contributed by atoms with Crippen molar-refractivity contribution in [2.75, 3.05) is 5.32 Å². The maximum Gasteiger partial charge on any atom is 0.433 e. The zero-order valence-electron chi connectivity index (χ0n) is 19.2. The second kappa shape index (κ2) is 9.12. The van der Waals surface area contributed by atoms with Crippen LogP contribution in [0.2, 0.25) is 5.02 Å². The van der Waals surface area contributed by atoms with E-state index in [0.717, 1.165) is 25.1 Å². The van der Waals surface area contributed by atoms with Crippen LogP contribution in [0.3, 0.4) is 0 Å². The van der Waals surface area contributed by atoms with Crippen LogP contribution in [0.25, 0.3) is 16.9 Å². The molecular weight excluding hydrogens is 531 g/mol. The Morgan fingerprint density at radius 3 is 2.57 bits per heavy atom. The van der Waals surface area contributed by atoms with Gasteiger partial charge in [0.2, 0.25) is 10.0 Å². The van der Waals surface area contributed by atoms with E-state index in [4.69, 9.17) is 11.6 Å². The van der Waals surface area contributed by atoms with Gasteiger partial charge in [-0.2, -0.15) is 18.3 Å². The Morgan fingerprint density at radius 2 is 1.89 bits per heavy atom. The molecule has 13 heteroatoms. The predicted octanol–water partition coefficient (Wildman–Crippen LogP) is 5.07. The molecule has 37 heavy (non-hydrogen) atoms. The summed E-state index contributed by atoms with van der Waals surface area (Å²) in [6, 6.07) is 11.0. The zero-order chi connectivity index (χ0) is 26.5. The lowest BCUT2D eigenvalue weighted by atomic mass is 10.1. The number of aryl methyl sites for hydroxylation is 1. The number of fused-ring (bicyclic) bond motifs is 1. The molecule has 0 radical (unpaired) electrons. The highest BCUT2D eigenvalue weighted by atomic mass is 35.5. The van der Waals surface area contributed by atoms with Crippen molar-refractivity contribution in [3.05, 3.63) is 76.6 Å². The molecule has 192 valence electrons. The number of amides is 1. The topological polar surface area (TPSA) is 105 Å². The normalized spacial score (nSPS) is 14.2. The largest absolute Gasteiger partial charge is 0.433 e. The van der Waals surface area contributed by atoms with Gasteiger partial charge in [-0.3, -0.25) is 4.79 Å². The Balaban J connectivity index is 1.53. The number of sulfonamides is 1. The minimum absolute atomic E-state index is 0.0200. The van der Waals surface area contributed by atoms with Gasteiger partial charge < -0.3 is 5.32 Å². The van der Waals surface area contributed by atoms with Gasteiger partial charge in [-0.15, -0.1) is 0 Å². The standard InChI is InChI=1S/C24H19ClF3N5O3S/c1-13-9-14(5-8-19(13)25)20-11-21(24(26,27)28)33-22(31-20)18(12-29-33)23(34)30-16-3-2-4-17(10-16)37(35,36)32-15-6-7-15/h2-5,8-12,15,32H,6-7H2,1H3,(H,30,34). The maximum absolute atomic E-state index is 13.9. The first-order valence-electron chi connectivity index (χ1n) is 11.1. The number of rotatable bonds is 6. The summed E-state index contributed by atoms with van der Waals surface area (Å²) in [5.74, 6) is -0.801. The molecule has 0 spiro atoms. The van der Waals surface area contributed by atoms with Gasteiger partial charge in [0.1, 0.15) is 5.56 Å². The summed E-state index contributed by atoms with van der Waals surface area (Å²) in [7, 11) is -3.77. The molecule has 1 saturated carbocycles. The molecule has 2 N–H and O–H groups in total. The van der Waals surface area contributed by atoms with E-state index in [1.54, 1.807) is 19.1 Å². The number of anilines is 1. The summed E-state index contributed by atoms with van der Waals surface area (Å²) >= 11 is 6.05. The average Bonchev–Trinajstić information content (AvgIpc) is 3.53. The summed E-state index contributed by atoms with van der Waals surface area (Å²) < 4.78 is 69.8. The molecule has 8 nitrogen and oxygen atoms in total. The first-order valence-corrected chi connectivity index (χ1v) is 12.9. The van der Waals surface area contributed by atoms with Crippen molar-refractivity contribution in [3.63, 3.8) is 0 Å². The summed E-state index contributed by atoms with van der Waals surface area (Å²) in [5, 5.41) is 6.73. The lowest BCUT2D eigenvalue weighted by Gasteiger charge is -2.12. The monoisotopic (exact) mass is 549 g/mol. The fourth-order valence-corrected chi connectivity index (χ4v) is 5.17. The van der Waals surface area contributed by atoms with Crippen molar-refractivity contribution in [3.8, 4) is 11.3 Å². The number of alkyl halides is 3. The van der Waals surface area contributed by atoms with Gasteiger partial charge in [0.15, 0.2) is 11.3 Å². The third kappa shape index (κ3) is 5.17. The molecule has 0 saturated heterocycles. The molecule has 2 aromatic heterocycles. The van der Waals surface area contributed by atoms with Crippen LogP contribution in [0.5, 0.6) is 0 Å². The minimum Gasteiger partial charge on any atom is -0.322 e. The Bertz CT molecular complexity index is 1650. The number of hydrogen-bond donors (Lipinski definition) is 2. The van der Waals surface area contributed by atoms with Crippen molar-refractivity contribution in [1.82, 2.24) is 19.3 Å². The zero-order valence-corrected chi connectivity index (χ0v) is 20.7. The van der Waals surface area contributed by atoms with Crippen LogP contribution >= 0.6 is 11.6 Å². The van der Waals surface area contributed by atoms with Gasteiger partial charge in [-0.05, 0) is 61.7 Å². The Hall–Kier alpha value is -3.48. The van der Waals surface area contributed by atoms with E-state index in [1.165, 1.54) is 30.3 Å². The lowest BCUT2D eigenvalue weighted by Crippen LogP contribution is -2.25. The molecule has 2 heterocycles. The molecule has 2 aromatic carbocycles. The van der Waals surface area contributed by atoms with Crippen LogP contribution in [0.4, 0.5) is 18.9 Å². The van der Waals surface area contributed by atoms with Gasteiger partial charge >= 0.3 is 6.18 Å². The highest BCUT2D eigenvalue weighted by molar-refractivity contribution is 7.89. The van der Waals surface area contributed by atoms with Crippen LogP contribution in [0, 0.1) is 6.92 Å². The number of carbonyl (C=O) groups excluding carboxylic acids is 1. The minimum atomic E-state index is -4.78. The van der Waals surface area contributed by atoms with Crippen LogP contribution in [-0.4, -0.2) is 35.0 Å². The van der Waals surface area contributed by atoms with Gasteiger partial charge in [-0.1, -0.05) is 23.7 Å². The van der Waals surface area contributed by atoms with Gasteiger partial charge in [0.25, 0.3) is 5.91 Å². The van der Waals surface area contributed by atoms with Gasteiger partial charge in [0.05, 0.1) is 16.8 Å². The summed E-state index contributed by atoms with van der Waals surface area (Å²) in [6.07, 6.45) is -2.28. The van der Waals surface area contributed by atoms with Crippen molar-refractivity contribution in [2.24, 2.45) is 0 Å². The second-order valence-corrected chi connectivity index (χ2v) is 10.8. The third-order valence-corrected chi connectivity index (χ3v) is 7.70. The van der Waals surface area contributed by atoms with E-state index >= 15 is 0 Å². The van der Waals surface area contributed by atoms with Crippen molar-refractivity contribution >= 4 is 38.9 Å². The van der Waals surface area contributed by atoms with E-state index in [2.05, 4.69) is 20.1 Å². The van der Waals surface area contributed by atoms with E-state index in [-0.39, 0.29) is 33.5 Å². The number of aromatic nitrogens is 3. The van der Waals surface area contributed by atoms with Crippen LogP contribution in [-0.2, 0) is 16.2 Å². The van der Waals surface area contributed by atoms with E-state index in [1.807, 2.05) is 0 Å². The number of carbonyl (C=O) groups is 1. The molecule has 0 aliphatic heterocycles. The molecule has 5 rings (SSSR count). The highest BCUT2D eigenvalue weighted by Crippen LogP contribution is 2.34. The average molecular weight is 550 g/mol. The Kier molecular flexibility index (Phi) is 6.21. The van der Waals surface area contributed by atoms with Crippen molar-refractivity contribution < 1.29 is 26.4 Å². The number of nitrogens with one attached hydrogen (secondary N) is 2. The SMILES string of the molecule is Cc1cc(-c2cc(C(F)(F)F)n3ncc(C(=O)Nc4cccc(S(=O)(=O)NC5CC5)c4)c3n2)ccc1Cl. The molecule has 1 aliphatic carbocycles. The molecule has 1 aliphatic rings. The van der Waals surface area contributed by atoms with Crippen LogP contribution in [0.1, 0.15) is 34.5 Å². The first kappa shape index (κ1) is 25.2. The van der Waals surface area contributed by atoms with E-state index < -0.39 is 27.8 Å². The summed E-state index contributed by atoms with van der Waals surface area (Å²) in [5.41, 5.74) is -0.498. The van der Waals surface area contributed by atoms with Crippen LogP contribution in [0.15, 0.2) is 59.6 Å². The molecule has 0 bridgehead atoms. The fourth-order valence-electron chi connectivity index (χ4n) is 3.70. The smallest absolute Gasteiger partial charge is 0.322 e. The predicted molar refractivity (Wildman–Crippen MR) is 131 cm³/mol. The van der Waals surface area contributed by atoms with Crippen molar-refractivity contribution in [1.29, 1.82) is 0 Å². The summed E-state index contributed by atoms with van der Waals surface area (Å²) in [6.45, 7) is 1.71. The van der Waals surface area contributed by atoms with Gasteiger partial charge in [0, 0.05) is 22.3 Å². The first-order chi connectivity index (χ1) is 17.4. The molecule has 4 aromatic rings. The van der Waals surface area contributed by atoms with Gasteiger partial charge in [-0.25, -0.2) is 22.6 Å². The number of halogens is 4. The quantitative estimate of drug-likeness (QED) is 0.349. The number of nitrogens with zero attached hydrogens (tertiary/aromatic N) is 3. The molecule has 0 atom stereocenters.